The molecule has 0 saturated carbocycles. The van der Waals surface area contributed by atoms with E-state index in [0.29, 0.717) is 17.2 Å². The maximum atomic E-state index is 11.0. The molecule has 2 heterocycles. The Kier molecular flexibility index (Phi) is 1.45. The lowest BCUT2D eigenvalue weighted by Crippen LogP contribution is -2.14. The first-order chi connectivity index (χ1) is 6.83. The van der Waals surface area contributed by atoms with Crippen molar-refractivity contribution in [2.24, 2.45) is 0 Å². The summed E-state index contributed by atoms with van der Waals surface area (Å²) in [7, 11) is 0. The van der Waals surface area contributed by atoms with Crippen LogP contribution >= 0.6 is 0 Å². The Hall–Kier alpha value is -1.71. The highest BCUT2D eigenvalue weighted by atomic mass is 16.7. The monoisotopic (exact) mass is 190 g/mol. The summed E-state index contributed by atoms with van der Waals surface area (Å²) < 4.78 is 15.4. The van der Waals surface area contributed by atoms with Gasteiger partial charge in [-0.15, -0.1) is 0 Å². The fourth-order valence-electron chi connectivity index (χ4n) is 1.47. The van der Waals surface area contributed by atoms with E-state index < -0.39 is 0 Å². The Morgan fingerprint density at radius 1 is 1.14 bits per heavy atom. The van der Waals surface area contributed by atoms with Crippen LogP contribution in [0.5, 0.6) is 17.2 Å². The second-order valence-electron chi connectivity index (χ2n) is 3.03. The summed E-state index contributed by atoms with van der Waals surface area (Å²) in [5.41, 5.74) is 0.758. The van der Waals surface area contributed by atoms with Crippen molar-refractivity contribution in [1.29, 1.82) is 0 Å². The molecule has 2 aliphatic heterocycles. The fraction of sp³-hybridized carbons (Fsp3) is 0.200. The SMILES string of the molecule is O=C1C[C]c2cc3c(cc2O1)OCO3. The van der Waals surface area contributed by atoms with Gasteiger partial charge in [0.15, 0.2) is 11.5 Å². The normalized spacial score (nSPS) is 17.6. The summed E-state index contributed by atoms with van der Waals surface area (Å²) in [5, 5.41) is 0. The van der Waals surface area contributed by atoms with Gasteiger partial charge in [0.05, 0.1) is 6.42 Å². The molecule has 0 fully saturated rings. The van der Waals surface area contributed by atoms with Crippen molar-refractivity contribution in [2.45, 2.75) is 6.42 Å². The summed E-state index contributed by atoms with van der Waals surface area (Å²) >= 11 is 0. The zero-order valence-corrected chi connectivity index (χ0v) is 7.20. The molecule has 0 bridgehead atoms. The molecule has 2 aliphatic rings. The average Bonchev–Trinajstić information content (AvgIpc) is 2.61. The van der Waals surface area contributed by atoms with Crippen molar-refractivity contribution >= 4 is 5.97 Å². The lowest BCUT2D eigenvalue weighted by Gasteiger charge is -2.14. The smallest absolute Gasteiger partial charge is 0.312 e. The van der Waals surface area contributed by atoms with Crippen molar-refractivity contribution in [3.8, 4) is 17.2 Å². The minimum Gasteiger partial charge on any atom is -0.454 e. The van der Waals surface area contributed by atoms with Gasteiger partial charge >= 0.3 is 5.97 Å². The number of hydrogen-bond acceptors (Lipinski definition) is 4. The van der Waals surface area contributed by atoms with Gasteiger partial charge in [0.25, 0.3) is 0 Å². The van der Waals surface area contributed by atoms with E-state index in [1.807, 2.05) is 0 Å². The van der Waals surface area contributed by atoms with Crippen molar-refractivity contribution in [2.75, 3.05) is 6.79 Å². The molecule has 0 N–H and O–H groups in total. The molecule has 3 rings (SSSR count). The topological polar surface area (TPSA) is 44.8 Å². The highest BCUT2D eigenvalue weighted by Crippen LogP contribution is 2.40. The molecule has 1 aromatic carbocycles. The van der Waals surface area contributed by atoms with Crippen molar-refractivity contribution in [3.63, 3.8) is 0 Å². The van der Waals surface area contributed by atoms with Gasteiger partial charge in [-0.3, -0.25) is 4.79 Å². The van der Waals surface area contributed by atoms with Gasteiger partial charge in [-0.2, -0.15) is 0 Å². The molecular weight excluding hydrogens is 184 g/mol. The molecule has 0 atom stereocenters. The quantitative estimate of drug-likeness (QED) is 0.454. The molecular formula is C10H6O4. The minimum atomic E-state index is -0.295. The molecule has 0 aromatic heterocycles. The first kappa shape index (κ1) is 7.67. The van der Waals surface area contributed by atoms with Gasteiger partial charge in [0, 0.05) is 18.1 Å². The van der Waals surface area contributed by atoms with Crippen LogP contribution in [0.15, 0.2) is 12.1 Å². The van der Waals surface area contributed by atoms with E-state index in [9.17, 15) is 4.79 Å². The zero-order valence-electron chi connectivity index (χ0n) is 7.20. The molecule has 0 aliphatic carbocycles. The van der Waals surface area contributed by atoms with E-state index in [4.69, 9.17) is 14.2 Å². The van der Waals surface area contributed by atoms with Gasteiger partial charge in [-0.05, 0) is 6.07 Å². The van der Waals surface area contributed by atoms with Crippen LogP contribution < -0.4 is 14.2 Å². The first-order valence-electron chi connectivity index (χ1n) is 4.21. The molecule has 2 radical (unpaired) electrons. The number of carbonyl (C=O) groups is 1. The molecule has 4 heteroatoms. The maximum absolute atomic E-state index is 11.0. The number of esters is 1. The van der Waals surface area contributed by atoms with Gasteiger partial charge in [-0.25, -0.2) is 0 Å². The maximum Gasteiger partial charge on any atom is 0.312 e. The van der Waals surface area contributed by atoms with Crippen LogP contribution in [0.1, 0.15) is 12.0 Å². The third kappa shape index (κ3) is 1.04. The Balaban J connectivity index is 2.10. The highest BCUT2D eigenvalue weighted by Gasteiger charge is 2.23. The van der Waals surface area contributed by atoms with E-state index in [2.05, 4.69) is 6.42 Å². The number of hydrogen-bond donors (Lipinski definition) is 0. The third-order valence-electron chi connectivity index (χ3n) is 2.12. The summed E-state index contributed by atoms with van der Waals surface area (Å²) in [5.74, 6) is 1.48. The number of carbonyl (C=O) groups excluding carboxylic acids is 1. The van der Waals surface area contributed by atoms with E-state index in [0.717, 1.165) is 5.56 Å². The number of fused-ring (bicyclic) bond motifs is 2. The Bertz CT molecular complexity index is 411. The van der Waals surface area contributed by atoms with Crippen LogP contribution in [0, 0.1) is 6.42 Å². The van der Waals surface area contributed by atoms with Gasteiger partial charge < -0.3 is 14.2 Å². The summed E-state index contributed by atoms with van der Waals surface area (Å²) in [6, 6.07) is 3.42. The van der Waals surface area contributed by atoms with Crippen molar-refractivity contribution < 1.29 is 19.0 Å². The largest absolute Gasteiger partial charge is 0.454 e. The number of ether oxygens (including phenoxy) is 3. The van der Waals surface area contributed by atoms with Crippen LogP contribution in [-0.4, -0.2) is 12.8 Å². The molecule has 0 spiro atoms. The standard InChI is InChI=1S/C10H6O4/c11-10-2-1-6-3-8-9(13-5-12-8)4-7(6)14-10/h3-4H,2,5H2. The lowest BCUT2D eigenvalue weighted by atomic mass is 10.1. The summed E-state index contributed by atoms with van der Waals surface area (Å²) in [6.07, 6.45) is 3.12. The average molecular weight is 190 g/mol. The van der Waals surface area contributed by atoms with E-state index in [1.165, 1.54) is 0 Å². The fourth-order valence-corrected chi connectivity index (χ4v) is 1.47. The third-order valence-corrected chi connectivity index (χ3v) is 2.12. The molecule has 0 saturated heterocycles. The predicted octanol–water partition coefficient (Wildman–Crippen LogP) is 1.15. The van der Waals surface area contributed by atoms with Crippen LogP contribution in [0.4, 0.5) is 0 Å². The molecule has 4 nitrogen and oxygen atoms in total. The van der Waals surface area contributed by atoms with Crippen LogP contribution in [-0.2, 0) is 4.79 Å². The van der Waals surface area contributed by atoms with Crippen LogP contribution in [0.3, 0.4) is 0 Å². The summed E-state index contributed by atoms with van der Waals surface area (Å²) in [6.45, 7) is 0.214. The number of benzene rings is 1. The minimum absolute atomic E-state index is 0.187. The van der Waals surface area contributed by atoms with Crippen LogP contribution in [0.2, 0.25) is 0 Å². The zero-order chi connectivity index (χ0) is 9.54. The second kappa shape index (κ2) is 2.64. The second-order valence-corrected chi connectivity index (χ2v) is 3.03. The molecule has 14 heavy (non-hydrogen) atoms. The first-order valence-corrected chi connectivity index (χ1v) is 4.21. The molecule has 0 unspecified atom stereocenters. The van der Waals surface area contributed by atoms with E-state index in [-0.39, 0.29) is 19.2 Å². The van der Waals surface area contributed by atoms with E-state index >= 15 is 0 Å². The number of rotatable bonds is 0. The Morgan fingerprint density at radius 3 is 2.79 bits per heavy atom. The van der Waals surface area contributed by atoms with Gasteiger partial charge in [0.2, 0.25) is 6.79 Å². The molecule has 0 amide bonds. The Labute approximate surface area is 80.4 Å². The Morgan fingerprint density at radius 2 is 1.93 bits per heavy atom. The van der Waals surface area contributed by atoms with Crippen molar-refractivity contribution in [3.05, 3.63) is 24.1 Å². The van der Waals surface area contributed by atoms with Crippen LogP contribution in [0.25, 0.3) is 0 Å². The molecule has 70 valence electrons. The molecule has 1 aromatic rings. The lowest BCUT2D eigenvalue weighted by molar-refractivity contribution is -0.134. The van der Waals surface area contributed by atoms with Crippen molar-refractivity contribution in [1.82, 2.24) is 0 Å². The van der Waals surface area contributed by atoms with E-state index in [1.54, 1.807) is 12.1 Å². The summed E-state index contributed by atoms with van der Waals surface area (Å²) in [4.78, 5) is 11.0. The highest BCUT2D eigenvalue weighted by molar-refractivity contribution is 5.78. The predicted molar refractivity (Wildman–Crippen MR) is 45.2 cm³/mol. The van der Waals surface area contributed by atoms with Gasteiger partial charge in [0.1, 0.15) is 5.75 Å². The van der Waals surface area contributed by atoms with Gasteiger partial charge in [-0.1, -0.05) is 0 Å².